The number of benzene rings is 1. The van der Waals surface area contributed by atoms with E-state index in [-0.39, 0.29) is 32.0 Å². The molecule has 0 aliphatic heterocycles. The molecule has 33 heavy (non-hydrogen) atoms. The smallest absolute Gasteiger partial charge is 0.418 e. The second-order valence-corrected chi connectivity index (χ2v) is 8.14. The van der Waals surface area contributed by atoms with Gasteiger partial charge in [-0.3, -0.25) is 25.0 Å². The summed E-state index contributed by atoms with van der Waals surface area (Å²) in [4.78, 5) is 38.2. The molecule has 0 fully saturated rings. The molecule has 1 rings (SSSR count). The monoisotopic (exact) mass is 489 g/mol. The lowest BCUT2D eigenvalue weighted by atomic mass is 10.1. The number of rotatable bonds is 12. The highest BCUT2D eigenvalue weighted by Crippen LogP contribution is 2.18. The van der Waals surface area contributed by atoms with Gasteiger partial charge in [0, 0.05) is 18.2 Å². The summed E-state index contributed by atoms with van der Waals surface area (Å²) in [5.41, 5.74) is 12.4. The Morgan fingerprint density at radius 3 is 2.42 bits per heavy atom. The number of hydroxylamine groups is 1. The lowest BCUT2D eigenvalue weighted by Gasteiger charge is -2.29. The van der Waals surface area contributed by atoms with Crippen LogP contribution in [0, 0.1) is 0 Å². The van der Waals surface area contributed by atoms with Gasteiger partial charge >= 0.3 is 16.4 Å². The van der Waals surface area contributed by atoms with E-state index in [1.807, 2.05) is 0 Å². The van der Waals surface area contributed by atoms with Gasteiger partial charge in [0.2, 0.25) is 5.91 Å². The van der Waals surface area contributed by atoms with Gasteiger partial charge in [-0.25, -0.2) is 4.79 Å². The van der Waals surface area contributed by atoms with Gasteiger partial charge in [-0.2, -0.15) is 13.9 Å². The molecule has 0 aromatic heterocycles. The van der Waals surface area contributed by atoms with Gasteiger partial charge in [-0.05, 0) is 26.3 Å². The molecule has 0 bridgehead atoms. The van der Waals surface area contributed by atoms with Gasteiger partial charge in [0.15, 0.2) is 0 Å². The molecular weight excluding hydrogens is 458 g/mol. The number of nitrogens with zero attached hydrogens (tertiary/aromatic N) is 1. The quantitative estimate of drug-likeness (QED) is 0.199. The molecule has 13 nitrogen and oxygen atoms in total. The summed E-state index contributed by atoms with van der Waals surface area (Å²) < 4.78 is 39.4. The molecule has 0 saturated carbocycles. The van der Waals surface area contributed by atoms with Crippen molar-refractivity contribution in [3.05, 3.63) is 29.8 Å². The third kappa shape index (κ3) is 10.5. The van der Waals surface area contributed by atoms with Crippen molar-refractivity contribution in [3.63, 3.8) is 0 Å². The topological polar surface area (TPSA) is 189 Å². The van der Waals surface area contributed by atoms with Crippen molar-refractivity contribution < 1.29 is 36.4 Å². The summed E-state index contributed by atoms with van der Waals surface area (Å²) in [6.07, 6.45) is 0.621. The van der Waals surface area contributed by atoms with E-state index in [9.17, 15) is 22.8 Å². The van der Waals surface area contributed by atoms with E-state index in [4.69, 9.17) is 15.0 Å². The van der Waals surface area contributed by atoms with E-state index >= 15 is 0 Å². The predicted octanol–water partition coefficient (Wildman–Crippen LogP) is 0.0371. The Bertz CT molecular complexity index is 909. The fourth-order valence-electron chi connectivity index (χ4n) is 2.80. The summed E-state index contributed by atoms with van der Waals surface area (Å²) in [5, 5.41) is 0. The molecule has 0 radical (unpaired) electrons. The van der Waals surface area contributed by atoms with Crippen molar-refractivity contribution in [1.82, 2.24) is 21.2 Å². The first-order valence-electron chi connectivity index (χ1n) is 10.3. The number of urea groups is 1. The lowest BCUT2D eigenvalue weighted by molar-refractivity contribution is -0.131. The minimum atomic E-state index is -4.92. The Morgan fingerprint density at radius 2 is 1.85 bits per heavy atom. The molecular formula is C19H31N5O8S. The van der Waals surface area contributed by atoms with Crippen molar-refractivity contribution in [2.45, 2.75) is 52.1 Å². The molecule has 0 saturated heterocycles. The van der Waals surface area contributed by atoms with E-state index in [0.717, 1.165) is 4.90 Å². The highest BCUT2D eigenvalue weighted by atomic mass is 32.3. The van der Waals surface area contributed by atoms with Gasteiger partial charge in [0.05, 0.1) is 6.42 Å². The Kier molecular flexibility index (Phi) is 11.6. The third-order valence-electron chi connectivity index (χ3n) is 4.23. The number of hydrogen-bond donors (Lipinski definition) is 5. The highest BCUT2D eigenvalue weighted by Gasteiger charge is 2.29. The zero-order valence-corrected chi connectivity index (χ0v) is 19.6. The second kappa shape index (κ2) is 13.6. The van der Waals surface area contributed by atoms with Crippen LogP contribution in [0.15, 0.2) is 24.3 Å². The number of nitrogens with two attached hydrogens (primary N) is 1. The molecule has 0 aliphatic carbocycles. The first kappa shape index (κ1) is 28.1. The first-order chi connectivity index (χ1) is 15.5. The van der Waals surface area contributed by atoms with Crippen molar-refractivity contribution >= 4 is 28.2 Å². The maximum atomic E-state index is 12.6. The third-order valence-corrected chi connectivity index (χ3v) is 4.52. The Balaban J connectivity index is 2.76. The summed E-state index contributed by atoms with van der Waals surface area (Å²) in [6, 6.07) is 4.60. The van der Waals surface area contributed by atoms with Crippen molar-refractivity contribution in [3.8, 4) is 5.75 Å². The minimum Gasteiger partial charge on any atom is -0.492 e. The molecule has 0 aliphatic rings. The van der Waals surface area contributed by atoms with Crippen LogP contribution in [-0.2, 0) is 30.7 Å². The highest BCUT2D eigenvalue weighted by molar-refractivity contribution is 7.80. The molecule has 186 valence electrons. The van der Waals surface area contributed by atoms with Gasteiger partial charge in [0.25, 0.3) is 5.91 Å². The van der Waals surface area contributed by atoms with Crippen molar-refractivity contribution in [1.29, 1.82) is 0 Å². The van der Waals surface area contributed by atoms with Gasteiger partial charge < -0.3 is 15.4 Å². The Morgan fingerprint density at radius 1 is 1.18 bits per heavy atom. The normalized spacial score (nSPS) is 12.9. The van der Waals surface area contributed by atoms with Crippen LogP contribution >= 0.6 is 0 Å². The van der Waals surface area contributed by atoms with Crippen LogP contribution in [-0.4, -0.2) is 61.0 Å². The molecule has 0 unspecified atom stereocenters. The maximum Gasteiger partial charge on any atom is 0.418 e. The minimum absolute atomic E-state index is 0.0109. The van der Waals surface area contributed by atoms with Gasteiger partial charge in [-0.1, -0.05) is 31.5 Å². The maximum absolute atomic E-state index is 12.6. The molecule has 0 spiro atoms. The number of hydrazine groups is 1. The second-order valence-electron chi connectivity index (χ2n) is 7.12. The summed E-state index contributed by atoms with van der Waals surface area (Å²) in [5.74, 6) is -0.735. The molecule has 0 heterocycles. The van der Waals surface area contributed by atoms with Crippen LogP contribution in [0.2, 0.25) is 0 Å². The molecule has 1 aromatic rings. The van der Waals surface area contributed by atoms with Crippen LogP contribution in [0.1, 0.15) is 39.2 Å². The van der Waals surface area contributed by atoms with E-state index in [1.54, 1.807) is 50.5 Å². The van der Waals surface area contributed by atoms with E-state index < -0.39 is 34.3 Å². The standard InChI is InChI=1S/C19H31N5O8S/c1-4-8-15(24(5-2)19(27)23-32-33(28,29)30)18(26)22-21-17(25)11-14-9-6-7-10-16(14)31-12-13(3)20/h6-7,9-10,13,15H,4-5,8,11-12,20H2,1-3H3,(H,21,25)(H,22,26)(H,23,27)(H,28,29,30)/t13-,15+/m1/s1. The Hall–Kier alpha value is -2.94. The van der Waals surface area contributed by atoms with Crippen LogP contribution < -0.4 is 26.8 Å². The van der Waals surface area contributed by atoms with Crippen LogP contribution in [0.3, 0.4) is 0 Å². The molecule has 2 atom stereocenters. The molecule has 14 heteroatoms. The molecule has 1 aromatic carbocycles. The zero-order chi connectivity index (χ0) is 25.0. The number of nitrogens with one attached hydrogen (secondary N) is 3. The average molecular weight is 490 g/mol. The summed E-state index contributed by atoms with van der Waals surface area (Å²) in [7, 11) is -4.92. The van der Waals surface area contributed by atoms with Crippen LogP contribution in [0.25, 0.3) is 0 Å². The zero-order valence-electron chi connectivity index (χ0n) is 18.7. The summed E-state index contributed by atoms with van der Waals surface area (Å²) in [6.45, 7) is 5.40. The van der Waals surface area contributed by atoms with Crippen molar-refractivity contribution in [2.24, 2.45) is 5.73 Å². The number of para-hydroxylation sites is 1. The Labute approximate surface area is 192 Å². The van der Waals surface area contributed by atoms with Crippen LogP contribution in [0.5, 0.6) is 5.75 Å². The summed E-state index contributed by atoms with van der Waals surface area (Å²) >= 11 is 0. The van der Waals surface area contributed by atoms with E-state index in [2.05, 4.69) is 15.1 Å². The number of carbonyl (C=O) groups excluding carboxylic acids is 3. The number of carbonyl (C=O) groups is 3. The molecule has 6 N–H and O–H groups in total. The fraction of sp³-hybridized carbons (Fsp3) is 0.526. The number of hydrogen-bond acceptors (Lipinski definition) is 8. The van der Waals surface area contributed by atoms with E-state index in [0.29, 0.717) is 17.7 Å². The average Bonchev–Trinajstić information content (AvgIpc) is 2.74. The number of ether oxygens (including phenoxy) is 1. The van der Waals surface area contributed by atoms with Crippen molar-refractivity contribution in [2.75, 3.05) is 13.2 Å². The lowest BCUT2D eigenvalue weighted by Crippen LogP contribution is -2.56. The van der Waals surface area contributed by atoms with Gasteiger partial charge in [-0.15, -0.1) is 4.28 Å². The number of likely N-dealkylation sites (N-methyl/N-ethyl adjacent to an activating group) is 1. The number of amides is 4. The first-order valence-corrected chi connectivity index (χ1v) is 11.6. The van der Waals surface area contributed by atoms with Gasteiger partial charge in [0.1, 0.15) is 18.4 Å². The van der Waals surface area contributed by atoms with Crippen LogP contribution in [0.4, 0.5) is 4.79 Å². The predicted molar refractivity (Wildman–Crippen MR) is 118 cm³/mol. The van der Waals surface area contributed by atoms with E-state index in [1.165, 1.54) is 0 Å². The SMILES string of the molecule is CCC[C@@H](C(=O)NNC(=O)Cc1ccccc1OC[C@@H](C)N)N(CC)C(=O)NOS(=O)(=O)O. The largest absolute Gasteiger partial charge is 0.492 e. The molecule has 4 amide bonds. The fourth-order valence-corrected chi connectivity index (χ4v) is 2.97.